The molecular formula is C23H19F3N4O. The summed E-state index contributed by atoms with van der Waals surface area (Å²) in [6.07, 6.45) is 0.337. The van der Waals surface area contributed by atoms with Gasteiger partial charge in [-0.1, -0.05) is 48.0 Å². The lowest BCUT2D eigenvalue weighted by Crippen LogP contribution is -2.50. The Morgan fingerprint density at radius 1 is 0.935 bits per heavy atom. The number of fused-ring (bicyclic) bond motifs is 1. The number of aryl methyl sites for hydroxylation is 1. The number of benzene rings is 2. The summed E-state index contributed by atoms with van der Waals surface area (Å²) in [5, 5.41) is 8.15. The fraction of sp³-hybridized carbons (Fsp3) is 0.174. The molecule has 0 saturated heterocycles. The van der Waals surface area contributed by atoms with Gasteiger partial charge in [0.15, 0.2) is 6.17 Å². The van der Waals surface area contributed by atoms with Crippen LogP contribution in [-0.4, -0.2) is 28.8 Å². The van der Waals surface area contributed by atoms with Gasteiger partial charge in [0.05, 0.1) is 11.3 Å². The van der Waals surface area contributed by atoms with Gasteiger partial charge in [-0.05, 0) is 49.3 Å². The van der Waals surface area contributed by atoms with Crippen LogP contribution in [0.5, 0.6) is 0 Å². The second-order valence-corrected chi connectivity index (χ2v) is 7.30. The molecular weight excluding hydrogens is 405 g/mol. The molecule has 1 N–H and O–H groups in total. The third kappa shape index (κ3) is 4.42. The molecule has 0 radical (unpaired) electrons. The third-order valence-electron chi connectivity index (χ3n) is 4.91. The highest BCUT2D eigenvalue weighted by atomic mass is 19.4. The van der Waals surface area contributed by atoms with Gasteiger partial charge in [0.1, 0.15) is 5.84 Å². The number of hydrogen-bond acceptors (Lipinski definition) is 3. The summed E-state index contributed by atoms with van der Waals surface area (Å²) >= 11 is 0. The highest BCUT2D eigenvalue weighted by Gasteiger charge is 2.32. The van der Waals surface area contributed by atoms with Crippen molar-refractivity contribution in [1.82, 2.24) is 10.3 Å². The second-order valence-electron chi connectivity index (χ2n) is 7.30. The number of aliphatic imine (C=N–C) groups is 1. The minimum absolute atomic E-state index is 0.192. The molecule has 8 heteroatoms. The van der Waals surface area contributed by atoms with Gasteiger partial charge in [-0.15, -0.1) is 0 Å². The highest BCUT2D eigenvalue weighted by Crippen LogP contribution is 2.29. The number of nitrogens with zero attached hydrogens (tertiary/aromatic N) is 3. The van der Waals surface area contributed by atoms with Crippen molar-refractivity contribution >= 4 is 23.2 Å². The zero-order valence-corrected chi connectivity index (χ0v) is 16.8. The van der Waals surface area contributed by atoms with Gasteiger partial charge in [0, 0.05) is 5.56 Å². The maximum Gasteiger partial charge on any atom is 0.416 e. The van der Waals surface area contributed by atoms with Crippen LogP contribution in [0.4, 0.5) is 18.0 Å². The Hall–Kier alpha value is -3.68. The molecule has 0 bridgehead atoms. The molecule has 31 heavy (non-hydrogen) atoms. The molecule has 1 atom stereocenters. The zero-order chi connectivity index (χ0) is 22.2. The van der Waals surface area contributed by atoms with Crippen LogP contribution < -0.4 is 5.32 Å². The summed E-state index contributed by atoms with van der Waals surface area (Å²) in [4.78, 5) is 17.3. The van der Waals surface area contributed by atoms with Crippen LogP contribution >= 0.6 is 0 Å². The van der Waals surface area contributed by atoms with E-state index in [9.17, 15) is 18.0 Å². The molecule has 0 aromatic heterocycles. The van der Waals surface area contributed by atoms with E-state index in [1.54, 1.807) is 13.0 Å². The van der Waals surface area contributed by atoms with Crippen LogP contribution in [0.2, 0.25) is 0 Å². The number of allylic oxidation sites excluding steroid dienone is 3. The van der Waals surface area contributed by atoms with E-state index in [0.717, 1.165) is 28.8 Å². The first-order chi connectivity index (χ1) is 14.7. The van der Waals surface area contributed by atoms with Crippen molar-refractivity contribution < 1.29 is 18.0 Å². The second kappa shape index (κ2) is 7.86. The smallest absolute Gasteiger partial charge is 0.290 e. The number of urea groups is 1. The number of rotatable bonds is 2. The summed E-state index contributed by atoms with van der Waals surface area (Å²) in [6, 6.07) is 11.9. The molecule has 2 heterocycles. The third-order valence-corrected chi connectivity index (χ3v) is 4.91. The van der Waals surface area contributed by atoms with E-state index >= 15 is 0 Å². The Labute approximate surface area is 177 Å². The Balaban J connectivity index is 1.75. The van der Waals surface area contributed by atoms with Crippen LogP contribution in [0.15, 0.2) is 76.9 Å². The number of carbonyl (C=O) groups is 1. The maximum atomic E-state index is 12.9. The summed E-state index contributed by atoms with van der Waals surface area (Å²) in [5.74, 6) is 0.192. The van der Waals surface area contributed by atoms with Crippen molar-refractivity contribution in [2.45, 2.75) is 26.2 Å². The quantitative estimate of drug-likeness (QED) is 0.713. The van der Waals surface area contributed by atoms with Gasteiger partial charge in [-0.3, -0.25) is 5.32 Å². The number of hydrazone groups is 1. The average molecular weight is 424 g/mol. The van der Waals surface area contributed by atoms with Gasteiger partial charge in [0.25, 0.3) is 0 Å². The first kappa shape index (κ1) is 20.6. The maximum absolute atomic E-state index is 12.9. The molecule has 0 aliphatic carbocycles. The summed E-state index contributed by atoms with van der Waals surface area (Å²) in [6.45, 7) is 3.77. The average Bonchev–Trinajstić information content (AvgIpc) is 2.72. The summed E-state index contributed by atoms with van der Waals surface area (Å²) in [5.41, 5.74) is 3.16. The monoisotopic (exact) mass is 424 g/mol. The van der Waals surface area contributed by atoms with E-state index in [4.69, 9.17) is 0 Å². The number of halogens is 3. The SMILES string of the molecule is CC1=NN2C(=O)NC(c3ccc(C(F)(F)F)cc3)=NC2/C=C(\c2ccc(C)cc2)C=C1. The topological polar surface area (TPSA) is 57.1 Å². The van der Waals surface area contributed by atoms with Crippen molar-refractivity contribution in [1.29, 1.82) is 0 Å². The molecule has 158 valence electrons. The molecule has 5 nitrogen and oxygen atoms in total. The molecule has 0 spiro atoms. The van der Waals surface area contributed by atoms with Crippen LogP contribution in [0.25, 0.3) is 5.57 Å². The summed E-state index contributed by atoms with van der Waals surface area (Å²) < 4.78 is 38.6. The van der Waals surface area contributed by atoms with Gasteiger partial charge in [-0.2, -0.15) is 23.3 Å². The van der Waals surface area contributed by atoms with Gasteiger partial charge in [-0.25, -0.2) is 9.79 Å². The molecule has 2 aliphatic rings. The van der Waals surface area contributed by atoms with Crippen molar-refractivity contribution in [3.63, 3.8) is 0 Å². The van der Waals surface area contributed by atoms with Crippen molar-refractivity contribution in [2.75, 3.05) is 0 Å². The van der Waals surface area contributed by atoms with Gasteiger partial charge < -0.3 is 0 Å². The Bertz CT molecular complexity index is 1130. The van der Waals surface area contributed by atoms with Crippen LogP contribution in [0.1, 0.15) is 29.2 Å². The zero-order valence-electron chi connectivity index (χ0n) is 16.8. The normalized spacial score (nSPS) is 20.5. The molecule has 4 rings (SSSR count). The molecule has 2 amide bonds. The molecule has 2 aromatic rings. The molecule has 2 aliphatic heterocycles. The molecule has 1 unspecified atom stereocenters. The number of hydrogen-bond donors (Lipinski definition) is 1. The lowest BCUT2D eigenvalue weighted by atomic mass is 10.0. The Morgan fingerprint density at radius 2 is 1.58 bits per heavy atom. The van der Waals surface area contributed by atoms with Crippen LogP contribution in [-0.2, 0) is 6.18 Å². The van der Waals surface area contributed by atoms with E-state index < -0.39 is 23.9 Å². The van der Waals surface area contributed by atoms with Crippen LogP contribution in [0.3, 0.4) is 0 Å². The van der Waals surface area contributed by atoms with E-state index in [1.807, 2.05) is 43.3 Å². The number of amidine groups is 1. The van der Waals surface area contributed by atoms with Crippen LogP contribution in [0, 0.1) is 6.92 Å². The predicted molar refractivity (Wildman–Crippen MR) is 114 cm³/mol. The fourth-order valence-electron chi connectivity index (χ4n) is 3.24. The first-order valence-corrected chi connectivity index (χ1v) is 9.58. The van der Waals surface area contributed by atoms with E-state index in [2.05, 4.69) is 15.4 Å². The Morgan fingerprint density at radius 3 is 2.23 bits per heavy atom. The van der Waals surface area contributed by atoms with E-state index in [1.165, 1.54) is 17.1 Å². The molecule has 0 saturated carbocycles. The number of amides is 2. The van der Waals surface area contributed by atoms with E-state index in [-0.39, 0.29) is 5.84 Å². The standard InChI is InChI=1S/C23H19F3N4O/c1-14-3-6-16(7-4-14)18-8-5-15(2)29-30-20(13-18)27-21(28-22(30)31)17-9-11-19(12-10-17)23(24,25)26/h3-13,20H,1-2H3,(H,27,28,31)/b8-5?,18-13-,29-15?. The lowest BCUT2D eigenvalue weighted by Gasteiger charge is -2.30. The van der Waals surface area contributed by atoms with Crippen molar-refractivity contribution in [3.8, 4) is 0 Å². The molecule has 2 aromatic carbocycles. The molecule has 0 fully saturated rings. The summed E-state index contributed by atoms with van der Waals surface area (Å²) in [7, 11) is 0. The van der Waals surface area contributed by atoms with Gasteiger partial charge >= 0.3 is 12.2 Å². The Kier molecular flexibility index (Phi) is 5.22. The number of nitrogens with one attached hydrogen (secondary N) is 1. The van der Waals surface area contributed by atoms with E-state index in [0.29, 0.717) is 11.3 Å². The minimum Gasteiger partial charge on any atom is -0.290 e. The minimum atomic E-state index is -4.43. The number of alkyl halides is 3. The fourth-order valence-corrected chi connectivity index (χ4v) is 3.24. The predicted octanol–water partition coefficient (Wildman–Crippen LogP) is 5.14. The van der Waals surface area contributed by atoms with Gasteiger partial charge in [0.2, 0.25) is 0 Å². The highest BCUT2D eigenvalue weighted by molar-refractivity contribution is 6.09. The number of carbonyl (C=O) groups excluding carboxylic acids is 1. The lowest BCUT2D eigenvalue weighted by molar-refractivity contribution is -0.137. The first-order valence-electron chi connectivity index (χ1n) is 9.58. The van der Waals surface area contributed by atoms with Crippen molar-refractivity contribution in [2.24, 2.45) is 10.1 Å². The largest absolute Gasteiger partial charge is 0.416 e. The van der Waals surface area contributed by atoms with Crippen molar-refractivity contribution in [3.05, 3.63) is 89.0 Å².